The van der Waals surface area contributed by atoms with Gasteiger partial charge in [0.05, 0.1) is 20.4 Å². The molecule has 4 aromatic rings. The van der Waals surface area contributed by atoms with Crippen LogP contribution < -0.4 is 0 Å². The van der Waals surface area contributed by atoms with Crippen LogP contribution in [0.25, 0.3) is 21.7 Å². The second-order valence-corrected chi connectivity index (χ2v) is 12.0. The molecular weight excluding hydrogens is 476 g/mol. The number of benzene rings is 3. The number of sulfone groups is 2. The lowest BCUT2D eigenvalue weighted by Gasteiger charge is -2.08. The van der Waals surface area contributed by atoms with Gasteiger partial charge in [0.25, 0.3) is 0 Å². The van der Waals surface area contributed by atoms with E-state index in [4.69, 9.17) is 0 Å². The maximum absolute atomic E-state index is 13.7. The summed E-state index contributed by atoms with van der Waals surface area (Å²) >= 11 is 0.801. The summed E-state index contributed by atoms with van der Waals surface area (Å²) in [5.74, 6) is -1.20. The van der Waals surface area contributed by atoms with Crippen molar-refractivity contribution in [3.05, 3.63) is 84.4 Å². The van der Waals surface area contributed by atoms with Gasteiger partial charge >= 0.3 is 0 Å². The molecular formula is C22H15F2NO4S3. The van der Waals surface area contributed by atoms with Crippen molar-refractivity contribution in [1.29, 1.82) is 0 Å². The third-order valence-corrected chi connectivity index (χ3v) is 8.98. The van der Waals surface area contributed by atoms with Crippen molar-refractivity contribution >= 4 is 31.0 Å². The van der Waals surface area contributed by atoms with Crippen molar-refractivity contribution in [1.82, 2.24) is 4.98 Å². The molecule has 0 amide bonds. The number of aromatic nitrogens is 1. The third-order valence-electron chi connectivity index (χ3n) is 4.59. The van der Waals surface area contributed by atoms with Crippen molar-refractivity contribution < 1.29 is 25.6 Å². The third kappa shape index (κ3) is 4.21. The highest BCUT2D eigenvalue weighted by Crippen LogP contribution is 2.41. The van der Waals surface area contributed by atoms with Crippen molar-refractivity contribution in [2.24, 2.45) is 0 Å². The maximum Gasteiger partial charge on any atom is 0.233 e. The Morgan fingerprint density at radius 3 is 2.16 bits per heavy atom. The summed E-state index contributed by atoms with van der Waals surface area (Å²) in [5.41, 5.74) is 0.798. The minimum absolute atomic E-state index is 0.0247. The van der Waals surface area contributed by atoms with Gasteiger partial charge in [-0.1, -0.05) is 36.4 Å². The van der Waals surface area contributed by atoms with Crippen LogP contribution in [0.4, 0.5) is 8.78 Å². The van der Waals surface area contributed by atoms with E-state index in [0.717, 1.165) is 29.7 Å². The molecule has 10 heteroatoms. The summed E-state index contributed by atoms with van der Waals surface area (Å²) < 4.78 is 77.8. The number of halogens is 2. The topological polar surface area (TPSA) is 81.2 Å². The van der Waals surface area contributed by atoms with Crippen LogP contribution >= 0.6 is 11.3 Å². The largest absolute Gasteiger partial charge is 0.233 e. The number of thiazole rings is 1. The molecule has 0 aliphatic heterocycles. The highest BCUT2D eigenvalue weighted by molar-refractivity contribution is 7.93. The molecule has 0 unspecified atom stereocenters. The number of hydrogen-bond donors (Lipinski definition) is 0. The fourth-order valence-electron chi connectivity index (χ4n) is 3.12. The van der Waals surface area contributed by atoms with Crippen LogP contribution in [0.15, 0.2) is 86.9 Å². The lowest BCUT2D eigenvalue weighted by molar-refractivity contribution is 0.590. The molecule has 1 aromatic heterocycles. The number of hydrogen-bond acceptors (Lipinski definition) is 6. The first-order valence-electron chi connectivity index (χ1n) is 9.14. The maximum atomic E-state index is 13.7. The van der Waals surface area contributed by atoms with E-state index in [1.807, 2.05) is 0 Å². The van der Waals surface area contributed by atoms with Gasteiger partial charge in [0.15, 0.2) is 9.84 Å². The minimum atomic E-state index is -4.19. The molecule has 0 radical (unpaired) electrons. The summed E-state index contributed by atoms with van der Waals surface area (Å²) in [6, 6.07) is 15.9. The molecule has 5 nitrogen and oxygen atoms in total. The highest BCUT2D eigenvalue weighted by Gasteiger charge is 2.28. The fraction of sp³-hybridized carbons (Fsp3) is 0.0455. The zero-order chi connectivity index (χ0) is 23.1. The van der Waals surface area contributed by atoms with E-state index in [2.05, 4.69) is 4.98 Å². The second-order valence-electron chi connectivity index (χ2n) is 6.89. The van der Waals surface area contributed by atoms with Gasteiger partial charge in [-0.2, -0.15) is 0 Å². The summed E-state index contributed by atoms with van der Waals surface area (Å²) in [5, 5.41) is 0. The zero-order valence-corrected chi connectivity index (χ0v) is 18.9. The molecule has 1 heterocycles. The monoisotopic (exact) mass is 491 g/mol. The molecule has 0 atom stereocenters. The first-order chi connectivity index (χ1) is 15.1. The molecule has 164 valence electrons. The van der Waals surface area contributed by atoms with E-state index in [0.29, 0.717) is 10.4 Å². The van der Waals surface area contributed by atoms with Gasteiger partial charge in [0, 0.05) is 11.8 Å². The Hall–Kier alpha value is -2.95. The van der Waals surface area contributed by atoms with Crippen molar-refractivity contribution in [3.63, 3.8) is 0 Å². The second kappa shape index (κ2) is 8.19. The SMILES string of the molecule is CS(=O)(=O)c1ccccc1-c1nc(S(=O)(=O)c2cccc(F)c2)sc1-c1ccc(F)cc1. The van der Waals surface area contributed by atoms with Crippen LogP contribution in [0.2, 0.25) is 0 Å². The Morgan fingerprint density at radius 2 is 1.50 bits per heavy atom. The molecule has 0 saturated heterocycles. The van der Waals surface area contributed by atoms with Crippen LogP contribution in [0.1, 0.15) is 0 Å². The van der Waals surface area contributed by atoms with E-state index in [1.165, 1.54) is 48.5 Å². The molecule has 0 saturated carbocycles. The van der Waals surface area contributed by atoms with Gasteiger partial charge in [0.1, 0.15) is 11.6 Å². The van der Waals surface area contributed by atoms with Gasteiger partial charge in [-0.15, -0.1) is 11.3 Å². The molecule has 0 aliphatic rings. The number of rotatable bonds is 5. The van der Waals surface area contributed by atoms with Crippen LogP contribution in [-0.2, 0) is 19.7 Å². The highest BCUT2D eigenvalue weighted by atomic mass is 32.2. The van der Waals surface area contributed by atoms with E-state index in [-0.39, 0.29) is 25.4 Å². The Balaban J connectivity index is 2.01. The zero-order valence-electron chi connectivity index (χ0n) is 16.5. The van der Waals surface area contributed by atoms with E-state index in [1.54, 1.807) is 12.1 Å². The van der Waals surface area contributed by atoms with Crippen LogP contribution in [0, 0.1) is 11.6 Å². The Morgan fingerprint density at radius 1 is 0.812 bits per heavy atom. The smallest absolute Gasteiger partial charge is 0.224 e. The summed E-state index contributed by atoms with van der Waals surface area (Å²) in [6.07, 6.45) is 1.04. The Labute approximate surface area is 187 Å². The van der Waals surface area contributed by atoms with E-state index in [9.17, 15) is 25.6 Å². The quantitative estimate of drug-likeness (QED) is 0.393. The van der Waals surface area contributed by atoms with Gasteiger partial charge in [-0.25, -0.2) is 30.6 Å². The standard InChI is InChI=1S/C22H15F2NO4S3/c1-31(26,27)19-8-3-2-7-18(19)20-21(14-9-11-15(23)12-10-14)30-22(25-20)32(28,29)17-6-4-5-16(24)13-17/h2-13H,1H3. The minimum Gasteiger partial charge on any atom is -0.224 e. The van der Waals surface area contributed by atoms with Crippen molar-refractivity contribution in [2.75, 3.05) is 6.26 Å². The van der Waals surface area contributed by atoms with Gasteiger partial charge in [-0.3, -0.25) is 0 Å². The molecule has 4 rings (SSSR count). The molecule has 0 aliphatic carbocycles. The first-order valence-corrected chi connectivity index (χ1v) is 13.3. The number of nitrogens with zero attached hydrogens (tertiary/aromatic N) is 1. The Bertz CT molecular complexity index is 1530. The average molecular weight is 492 g/mol. The van der Waals surface area contributed by atoms with E-state index >= 15 is 0 Å². The molecule has 32 heavy (non-hydrogen) atoms. The van der Waals surface area contributed by atoms with Gasteiger partial charge in [-0.05, 0) is 42.0 Å². The first kappa shape index (κ1) is 22.3. The lowest BCUT2D eigenvalue weighted by atomic mass is 10.1. The summed E-state index contributed by atoms with van der Waals surface area (Å²) in [7, 11) is -7.86. The molecule has 0 bridgehead atoms. The van der Waals surface area contributed by atoms with Crippen LogP contribution in [0.3, 0.4) is 0 Å². The lowest BCUT2D eigenvalue weighted by Crippen LogP contribution is -2.03. The van der Waals surface area contributed by atoms with Crippen LogP contribution in [0.5, 0.6) is 0 Å². The Kier molecular flexibility index (Phi) is 5.70. The van der Waals surface area contributed by atoms with E-state index < -0.39 is 31.3 Å². The van der Waals surface area contributed by atoms with Crippen LogP contribution in [-0.4, -0.2) is 28.1 Å². The fourth-order valence-corrected chi connectivity index (χ4v) is 6.74. The molecule has 0 fully saturated rings. The summed E-state index contributed by atoms with van der Waals surface area (Å²) in [4.78, 5) is 4.32. The average Bonchev–Trinajstić information content (AvgIpc) is 3.20. The molecule has 0 spiro atoms. The predicted molar refractivity (Wildman–Crippen MR) is 118 cm³/mol. The molecule has 0 N–H and O–H groups in total. The molecule has 3 aromatic carbocycles. The van der Waals surface area contributed by atoms with Crippen molar-refractivity contribution in [2.45, 2.75) is 14.1 Å². The normalized spacial score (nSPS) is 12.1. The summed E-state index contributed by atoms with van der Waals surface area (Å²) in [6.45, 7) is 0. The van der Waals surface area contributed by atoms with Crippen molar-refractivity contribution in [3.8, 4) is 21.7 Å². The van der Waals surface area contributed by atoms with Gasteiger partial charge < -0.3 is 0 Å². The van der Waals surface area contributed by atoms with Gasteiger partial charge in [0.2, 0.25) is 14.2 Å². The predicted octanol–water partition coefficient (Wildman–Crippen LogP) is 4.99.